The van der Waals surface area contributed by atoms with Crippen LogP contribution in [0, 0.1) is 0 Å². The molecule has 0 radical (unpaired) electrons. The standard InChI is InChI=1S/C27H25N7O/c1-4-23(35)34-9-7-15(8-10-34)27-30-25-24-17(5-6-21-20(24)14-28-31-21)18-12-22-16(13-29-33(22)3)11-19(18)26(25)32(27)2/h4-6,11-15,29H,1,7-10H2,2-3H3. The molecule has 0 atom stereocenters. The fourth-order valence-corrected chi connectivity index (χ4v) is 5.97. The summed E-state index contributed by atoms with van der Waals surface area (Å²) in [5.41, 5.74) is 4.16. The van der Waals surface area contributed by atoms with Gasteiger partial charge in [0.25, 0.3) is 0 Å². The molecule has 6 aromatic rings. The smallest absolute Gasteiger partial charge is 0.245 e. The zero-order valence-electron chi connectivity index (χ0n) is 19.7. The lowest BCUT2D eigenvalue weighted by Crippen LogP contribution is -2.37. The van der Waals surface area contributed by atoms with Crippen molar-refractivity contribution >= 4 is 60.3 Å². The third-order valence-corrected chi connectivity index (χ3v) is 7.77. The number of aryl methyl sites for hydroxylation is 2. The minimum absolute atomic E-state index is 0.00715. The Morgan fingerprint density at radius 3 is 2.74 bits per heavy atom. The van der Waals surface area contributed by atoms with Gasteiger partial charge in [0.05, 0.1) is 28.3 Å². The van der Waals surface area contributed by atoms with Crippen molar-refractivity contribution in [2.75, 3.05) is 13.1 Å². The van der Waals surface area contributed by atoms with Gasteiger partial charge >= 0.3 is 0 Å². The Kier molecular flexibility index (Phi) is 4.13. The number of fused-ring (bicyclic) bond motifs is 9. The van der Waals surface area contributed by atoms with Crippen LogP contribution >= 0.6 is 0 Å². The molecule has 7 rings (SSSR count). The summed E-state index contributed by atoms with van der Waals surface area (Å²) in [6.45, 7) is 5.08. The van der Waals surface area contributed by atoms with Crippen LogP contribution in [-0.4, -0.2) is 53.4 Å². The molecule has 1 fully saturated rings. The maximum atomic E-state index is 12.1. The van der Waals surface area contributed by atoms with Gasteiger partial charge in [-0.15, -0.1) is 0 Å². The van der Waals surface area contributed by atoms with E-state index in [9.17, 15) is 4.79 Å². The van der Waals surface area contributed by atoms with E-state index in [0.29, 0.717) is 0 Å². The maximum absolute atomic E-state index is 12.1. The molecule has 0 bridgehead atoms. The van der Waals surface area contributed by atoms with Crippen LogP contribution in [0.15, 0.2) is 49.3 Å². The zero-order valence-corrected chi connectivity index (χ0v) is 19.7. The number of hydrogen-bond acceptors (Lipinski definition) is 4. The fourth-order valence-electron chi connectivity index (χ4n) is 5.97. The first-order valence-corrected chi connectivity index (χ1v) is 12.0. The van der Waals surface area contributed by atoms with Gasteiger partial charge in [0.15, 0.2) is 0 Å². The largest absolute Gasteiger partial charge is 0.339 e. The van der Waals surface area contributed by atoms with E-state index in [-0.39, 0.29) is 11.8 Å². The molecule has 0 unspecified atom stereocenters. The molecule has 1 N–H and O–H groups in total. The van der Waals surface area contributed by atoms with Gasteiger partial charge in [-0.25, -0.2) is 4.98 Å². The summed E-state index contributed by atoms with van der Waals surface area (Å²) in [7, 11) is 4.16. The fraction of sp³-hybridized carbons (Fsp3) is 0.259. The number of nitrogens with zero attached hydrogens (tertiary/aromatic N) is 6. The third kappa shape index (κ3) is 2.73. The number of carbonyl (C=O) groups excluding carboxylic acids is 1. The summed E-state index contributed by atoms with van der Waals surface area (Å²) in [4.78, 5) is 19.3. The number of hydrogen-bond donors (Lipinski definition) is 1. The first kappa shape index (κ1) is 20.2. The minimum Gasteiger partial charge on any atom is -0.339 e. The summed E-state index contributed by atoms with van der Waals surface area (Å²) in [5.74, 6) is 1.37. The van der Waals surface area contributed by atoms with Gasteiger partial charge in [-0.3, -0.25) is 9.48 Å². The van der Waals surface area contributed by atoms with Crippen LogP contribution in [-0.2, 0) is 18.9 Å². The number of carbonyl (C=O) groups is 1. The Bertz CT molecular complexity index is 1830. The van der Waals surface area contributed by atoms with Crippen LogP contribution in [0.1, 0.15) is 24.6 Å². The molecule has 3 aromatic carbocycles. The number of benzene rings is 3. The number of rotatable bonds is 2. The maximum Gasteiger partial charge on any atom is 0.245 e. The van der Waals surface area contributed by atoms with Gasteiger partial charge in [-0.05, 0) is 47.9 Å². The molecular weight excluding hydrogens is 438 g/mol. The van der Waals surface area contributed by atoms with Crippen molar-refractivity contribution in [1.29, 1.82) is 0 Å². The van der Waals surface area contributed by atoms with Gasteiger partial charge in [-0.2, -0.15) is 10.2 Å². The average molecular weight is 464 g/mol. The Hall–Kier alpha value is -4.20. The molecule has 8 heteroatoms. The molecule has 8 nitrogen and oxygen atoms in total. The summed E-state index contributed by atoms with van der Waals surface area (Å²) in [6, 6.07) is 8.74. The highest BCUT2D eigenvalue weighted by atomic mass is 16.2. The quantitative estimate of drug-likeness (QED) is 0.302. The highest BCUT2D eigenvalue weighted by molar-refractivity contribution is 6.30. The lowest BCUT2D eigenvalue weighted by Gasteiger charge is -2.31. The van der Waals surface area contributed by atoms with E-state index in [1.165, 1.54) is 16.8 Å². The SMILES string of the molecule is C=CC(=O)N1CCC(c2nc3c4c5cnnc5ccc4c4cc5c(c[nH]n5C)cc4c3n2C)CC1. The van der Waals surface area contributed by atoms with E-state index in [1.54, 1.807) is 0 Å². The number of piperidine rings is 1. The number of nitrogens with one attached hydrogen (secondary N) is 1. The number of likely N-dealkylation sites (tertiary alicyclic amines) is 1. The number of aromatic amines is 1. The second-order valence-electron chi connectivity index (χ2n) is 9.58. The number of aromatic nitrogens is 6. The Morgan fingerprint density at radius 2 is 1.94 bits per heavy atom. The average Bonchev–Trinajstić information content (AvgIpc) is 3.60. The minimum atomic E-state index is 0.00715. The van der Waals surface area contributed by atoms with E-state index in [1.807, 2.05) is 35.1 Å². The summed E-state index contributed by atoms with van der Waals surface area (Å²) >= 11 is 0. The number of amides is 1. The van der Waals surface area contributed by atoms with E-state index < -0.39 is 0 Å². The van der Waals surface area contributed by atoms with Crippen molar-refractivity contribution in [2.24, 2.45) is 14.1 Å². The normalized spacial score (nSPS) is 15.3. The van der Waals surface area contributed by atoms with Gasteiger partial charge in [0.1, 0.15) is 5.82 Å². The predicted octanol–water partition coefficient (Wildman–Crippen LogP) is 4.53. The third-order valence-electron chi connectivity index (χ3n) is 7.77. The molecule has 174 valence electrons. The first-order valence-electron chi connectivity index (χ1n) is 12.0. The molecule has 0 aliphatic carbocycles. The molecule has 1 amide bonds. The van der Waals surface area contributed by atoms with Crippen molar-refractivity contribution in [3.63, 3.8) is 0 Å². The highest BCUT2D eigenvalue weighted by Crippen LogP contribution is 2.41. The van der Waals surface area contributed by atoms with Gasteiger partial charge < -0.3 is 14.6 Å². The van der Waals surface area contributed by atoms with E-state index in [2.05, 4.69) is 51.7 Å². The summed E-state index contributed by atoms with van der Waals surface area (Å²) < 4.78 is 4.32. The van der Waals surface area contributed by atoms with Crippen molar-refractivity contribution in [1.82, 2.24) is 34.4 Å². The lowest BCUT2D eigenvalue weighted by atomic mass is 9.96. The molecule has 3 aromatic heterocycles. The first-order chi connectivity index (χ1) is 17.0. The molecule has 35 heavy (non-hydrogen) atoms. The van der Waals surface area contributed by atoms with Gasteiger partial charge in [0.2, 0.25) is 5.91 Å². The molecule has 0 saturated carbocycles. The molecule has 1 saturated heterocycles. The van der Waals surface area contributed by atoms with Crippen molar-refractivity contribution in [3.8, 4) is 0 Å². The lowest BCUT2D eigenvalue weighted by molar-refractivity contribution is -0.127. The van der Waals surface area contributed by atoms with Crippen molar-refractivity contribution < 1.29 is 4.79 Å². The van der Waals surface area contributed by atoms with E-state index in [4.69, 9.17) is 4.98 Å². The van der Waals surface area contributed by atoms with Gasteiger partial charge in [-0.1, -0.05) is 12.6 Å². The monoisotopic (exact) mass is 463 g/mol. The molecular formula is C27H25N7O. The van der Waals surface area contributed by atoms with Crippen LogP contribution in [0.5, 0.6) is 0 Å². The topological polar surface area (TPSA) is 84.6 Å². The van der Waals surface area contributed by atoms with Crippen molar-refractivity contribution in [3.05, 3.63) is 55.1 Å². The zero-order chi connectivity index (χ0) is 23.8. The van der Waals surface area contributed by atoms with Crippen LogP contribution in [0.25, 0.3) is 54.4 Å². The second kappa shape index (κ2) is 7.15. The molecule has 1 aliphatic rings. The highest BCUT2D eigenvalue weighted by Gasteiger charge is 2.28. The Balaban J connectivity index is 1.54. The molecule has 4 heterocycles. The second-order valence-corrected chi connectivity index (χ2v) is 9.58. The Labute approximate surface area is 200 Å². The molecule has 0 spiro atoms. The van der Waals surface area contributed by atoms with Crippen LogP contribution in [0.4, 0.5) is 0 Å². The number of H-pyrrole nitrogens is 1. The van der Waals surface area contributed by atoms with Crippen LogP contribution < -0.4 is 0 Å². The Morgan fingerprint density at radius 1 is 1.11 bits per heavy atom. The molecule has 1 aliphatic heterocycles. The van der Waals surface area contributed by atoms with Crippen molar-refractivity contribution in [2.45, 2.75) is 18.8 Å². The van der Waals surface area contributed by atoms with E-state index >= 15 is 0 Å². The summed E-state index contributed by atoms with van der Waals surface area (Å²) in [5, 5.41) is 18.7. The van der Waals surface area contributed by atoms with E-state index in [0.717, 1.165) is 75.4 Å². The number of imidazole rings is 1. The van der Waals surface area contributed by atoms with Gasteiger partial charge in [0, 0.05) is 60.8 Å². The predicted molar refractivity (Wildman–Crippen MR) is 138 cm³/mol. The van der Waals surface area contributed by atoms with Crippen LogP contribution in [0.2, 0.25) is 0 Å². The summed E-state index contributed by atoms with van der Waals surface area (Å²) in [6.07, 6.45) is 7.08. The van der Waals surface area contributed by atoms with Crippen LogP contribution in [0.3, 0.4) is 0 Å².